The third-order valence-corrected chi connectivity index (χ3v) is 14.6. The number of ether oxygens (including phenoxy) is 2. The van der Waals surface area contributed by atoms with Gasteiger partial charge in [0.2, 0.25) is 0 Å². The summed E-state index contributed by atoms with van der Waals surface area (Å²) in [6, 6.07) is 0. The molecule has 5 heterocycles. The van der Waals surface area contributed by atoms with Crippen molar-refractivity contribution in [3.8, 4) is 0 Å². The van der Waals surface area contributed by atoms with Gasteiger partial charge in [-0.1, -0.05) is 105 Å². The van der Waals surface area contributed by atoms with E-state index in [0.29, 0.717) is 35.0 Å². The van der Waals surface area contributed by atoms with Gasteiger partial charge in [-0.3, -0.25) is 19.4 Å². The van der Waals surface area contributed by atoms with E-state index in [9.17, 15) is 14.4 Å². The van der Waals surface area contributed by atoms with Crippen molar-refractivity contribution in [2.45, 2.75) is 153 Å². The number of ketones is 1. The summed E-state index contributed by atoms with van der Waals surface area (Å²) in [7, 11) is 1.32. The van der Waals surface area contributed by atoms with Gasteiger partial charge in [-0.2, -0.15) is 0 Å². The predicted molar refractivity (Wildman–Crippen MR) is 262 cm³/mol. The minimum atomic E-state index is -1.17. The molecule has 9 nitrogen and oxygen atoms in total. The number of hydrogen-bond acceptors (Lipinski definition) is 6. The molecule has 346 valence electrons. The van der Waals surface area contributed by atoms with Crippen LogP contribution in [0.15, 0.2) is 28.9 Å². The van der Waals surface area contributed by atoms with Crippen LogP contribution in [0, 0.1) is 56.3 Å². The van der Waals surface area contributed by atoms with Crippen molar-refractivity contribution in [1.82, 2.24) is 15.0 Å². The molecule has 8 bridgehead atoms. The summed E-state index contributed by atoms with van der Waals surface area (Å²) in [6.07, 6.45) is 21.5. The molecule has 0 radical (unpaired) electrons. The molecule has 3 aromatic rings. The third kappa shape index (κ3) is 10.6. The van der Waals surface area contributed by atoms with Crippen molar-refractivity contribution in [3.05, 3.63) is 90.8 Å². The summed E-state index contributed by atoms with van der Waals surface area (Å²) in [6.45, 7) is 26.4. The van der Waals surface area contributed by atoms with Crippen molar-refractivity contribution in [3.63, 3.8) is 0 Å². The maximum atomic E-state index is 14.4. The summed E-state index contributed by atoms with van der Waals surface area (Å²) in [5.41, 5.74) is 13.1. The quantitative estimate of drug-likeness (QED) is 0.0591. The summed E-state index contributed by atoms with van der Waals surface area (Å²) >= 11 is 0. The van der Waals surface area contributed by atoms with Crippen LogP contribution in [0.2, 0.25) is 0 Å². The monoisotopic (exact) mass is 873 g/mol. The maximum Gasteiger partial charge on any atom is 0.321 e. The van der Waals surface area contributed by atoms with Gasteiger partial charge in [0, 0.05) is 69.6 Å². The van der Waals surface area contributed by atoms with E-state index in [1.807, 2.05) is 19.1 Å². The van der Waals surface area contributed by atoms with Crippen LogP contribution in [0.1, 0.15) is 180 Å². The Bertz CT molecular complexity index is 2450. The van der Waals surface area contributed by atoms with Crippen LogP contribution in [0.25, 0.3) is 23.8 Å². The smallest absolute Gasteiger partial charge is 0.321 e. The predicted octanol–water partition coefficient (Wildman–Crippen LogP) is 11.1. The average Bonchev–Trinajstić information content (AvgIpc) is 3.99. The lowest BCUT2D eigenvalue weighted by atomic mass is 9.81. The molecule has 1 aliphatic carbocycles. The van der Waals surface area contributed by atoms with Gasteiger partial charge in [0.05, 0.1) is 18.2 Å². The molecule has 3 N–H and O–H groups in total. The normalized spacial score (nSPS) is 19.1. The summed E-state index contributed by atoms with van der Waals surface area (Å²) in [5.74, 6) is -0.436. The lowest BCUT2D eigenvalue weighted by Crippen LogP contribution is -2.31. The Morgan fingerprint density at radius 1 is 0.891 bits per heavy atom. The fourth-order valence-electron chi connectivity index (χ4n) is 10.5. The van der Waals surface area contributed by atoms with E-state index >= 15 is 0 Å². The number of hydrogen-bond donors (Lipinski definition) is 3. The first-order chi connectivity index (χ1) is 30.6. The van der Waals surface area contributed by atoms with Crippen LogP contribution >= 0.6 is 0 Å². The van der Waals surface area contributed by atoms with Gasteiger partial charge < -0.3 is 24.4 Å². The second-order valence-corrected chi connectivity index (χ2v) is 19.8. The zero-order valence-corrected chi connectivity index (χ0v) is 40.9. The first-order valence-electron chi connectivity index (χ1n) is 24.3. The van der Waals surface area contributed by atoms with Crippen LogP contribution in [-0.2, 0) is 31.9 Å². The number of carbonyl (C=O) groups excluding carboxylic acids is 3. The molecule has 0 saturated carbocycles. The van der Waals surface area contributed by atoms with Gasteiger partial charge >= 0.3 is 11.9 Å². The van der Waals surface area contributed by atoms with Crippen molar-refractivity contribution in [2.75, 3.05) is 13.7 Å². The number of H-pyrrole nitrogens is 3. The lowest BCUT2D eigenvalue weighted by Gasteiger charge is -2.21. The average molecular weight is 873 g/mol. The molecule has 3 aromatic heterocycles. The van der Waals surface area contributed by atoms with Gasteiger partial charge in [-0.15, -0.1) is 0 Å². The number of fused-ring (bicyclic) bond motifs is 7. The molecule has 3 aliphatic rings. The molecule has 0 fully saturated rings. The first-order valence-corrected chi connectivity index (χ1v) is 24.3. The largest absolute Gasteiger partial charge is 0.468 e. The summed E-state index contributed by atoms with van der Waals surface area (Å²) < 4.78 is 11.1. The van der Waals surface area contributed by atoms with E-state index in [4.69, 9.17) is 14.5 Å². The second kappa shape index (κ2) is 21.4. The standard InChI is InChI=1S/C55H76N4O5/c1-13-39-35(8)42-28-44-37(10)41(24-25-48(60)64-27-26-34(7)23-17-22-33(6)21-16-20-32(5)19-15-18-31(3)4)52(58-44)50-51(55(62)63-12)54(61)49-38(11)45(59-53(49)50)30-47-40(14-2)36(9)43(57-47)29-46(39)56-42/h13,26,28,30-33,37,41,51,56-57,59H,1,14-25,27,29H2,2-12H3/b34-26+,44-28?,45-30?/t32-,33-,37+,41+,51-/m1/s1. The molecule has 0 saturated heterocycles. The highest BCUT2D eigenvalue weighted by Gasteiger charge is 2.47. The summed E-state index contributed by atoms with van der Waals surface area (Å²) in [4.78, 5) is 57.7. The molecule has 5 atom stereocenters. The Labute approximate surface area is 382 Å². The number of aromatic amines is 3. The van der Waals surface area contributed by atoms with Crippen molar-refractivity contribution in [2.24, 2.45) is 40.5 Å². The van der Waals surface area contributed by atoms with Gasteiger partial charge in [0.25, 0.3) is 0 Å². The van der Waals surface area contributed by atoms with Gasteiger partial charge in [-0.25, -0.2) is 0 Å². The SMILES string of the molecule is C=Cc1c2[nH]c(c1C)C=C1N=C(C3=c4[nH]c(c(C)c4C(=O)[C@@H]3C(=O)OC)=Cc3[nH]c(c(C)c3CC)C2)[C@@H](CCC(=O)OC/C=C(\C)CCC[C@H](C)CCC[C@H](C)CCCC(C)C)[C@@H]1C. The molecular weight excluding hydrogens is 797 g/mol. The van der Waals surface area contributed by atoms with E-state index in [0.717, 1.165) is 87.5 Å². The zero-order chi connectivity index (χ0) is 46.4. The number of aliphatic imine (C=N–C) groups is 1. The molecule has 0 spiro atoms. The van der Waals surface area contributed by atoms with E-state index in [2.05, 4.69) is 96.0 Å². The Morgan fingerprint density at radius 2 is 1.56 bits per heavy atom. The molecule has 64 heavy (non-hydrogen) atoms. The highest BCUT2D eigenvalue weighted by molar-refractivity contribution is 6.35. The maximum absolute atomic E-state index is 14.4. The fourth-order valence-corrected chi connectivity index (χ4v) is 10.5. The number of esters is 2. The summed E-state index contributed by atoms with van der Waals surface area (Å²) in [5, 5.41) is 1.40. The van der Waals surface area contributed by atoms with Crippen LogP contribution in [0.4, 0.5) is 0 Å². The number of carbonyl (C=O) groups is 3. The number of rotatable bonds is 20. The Hall–Kier alpha value is -4.92. The zero-order valence-electron chi connectivity index (χ0n) is 40.9. The number of Topliss-reactive ketones (excluding diaryl/α,β-unsaturated/α-hetero) is 1. The van der Waals surface area contributed by atoms with Gasteiger partial charge in [-0.05, 0) is 117 Å². The minimum absolute atomic E-state index is 0.133. The van der Waals surface area contributed by atoms with Gasteiger partial charge in [0.1, 0.15) is 12.5 Å². The fraction of sp³-hybridized carbons (Fsp3) is 0.564. The highest BCUT2D eigenvalue weighted by Crippen LogP contribution is 2.42. The number of nitrogens with one attached hydrogen (secondary N) is 3. The number of aromatic nitrogens is 3. The van der Waals surface area contributed by atoms with Crippen LogP contribution < -0.4 is 10.7 Å². The van der Waals surface area contributed by atoms with E-state index in [1.165, 1.54) is 68.8 Å². The number of methoxy groups -OCH3 is 1. The Morgan fingerprint density at radius 3 is 2.22 bits per heavy atom. The van der Waals surface area contributed by atoms with Crippen molar-refractivity contribution >= 4 is 47.2 Å². The molecule has 9 heteroatoms. The van der Waals surface area contributed by atoms with E-state index < -0.39 is 11.9 Å². The molecular formula is C55H76N4O5. The van der Waals surface area contributed by atoms with Gasteiger partial charge in [0.15, 0.2) is 5.78 Å². The second-order valence-electron chi connectivity index (χ2n) is 19.8. The Balaban J connectivity index is 1.21. The number of allylic oxidation sites excluding steroid dienone is 2. The van der Waals surface area contributed by atoms with E-state index in [-0.39, 0.29) is 36.6 Å². The molecule has 0 aromatic carbocycles. The third-order valence-electron chi connectivity index (χ3n) is 14.6. The molecule has 2 aliphatic heterocycles. The molecule has 0 unspecified atom stereocenters. The minimum Gasteiger partial charge on any atom is -0.468 e. The Kier molecular flexibility index (Phi) is 16.2. The molecule has 0 amide bonds. The van der Waals surface area contributed by atoms with E-state index in [1.54, 1.807) is 0 Å². The van der Waals surface area contributed by atoms with Crippen LogP contribution in [0.5, 0.6) is 0 Å². The highest BCUT2D eigenvalue weighted by atomic mass is 16.5. The number of nitrogens with zero attached hydrogens (tertiary/aromatic N) is 1. The van der Waals surface area contributed by atoms with Crippen LogP contribution in [-0.4, -0.2) is 52.1 Å². The van der Waals surface area contributed by atoms with Crippen molar-refractivity contribution in [1.29, 1.82) is 0 Å². The van der Waals surface area contributed by atoms with Crippen molar-refractivity contribution < 1.29 is 23.9 Å². The first kappa shape index (κ1) is 48.5. The lowest BCUT2D eigenvalue weighted by molar-refractivity contribution is -0.143. The topological polar surface area (TPSA) is 129 Å². The van der Waals surface area contributed by atoms with Crippen LogP contribution in [0.3, 0.4) is 0 Å². The molecule has 6 rings (SSSR count).